The molecule has 4 N–H and O–H groups in total. The first-order valence-electron chi connectivity index (χ1n) is 11.5. The molecule has 0 saturated heterocycles. The van der Waals surface area contributed by atoms with Crippen molar-refractivity contribution in [2.45, 2.75) is 0 Å². The highest BCUT2D eigenvalue weighted by Gasteiger charge is 2.16. The fraction of sp³-hybridized carbons (Fsp3) is 0.0714. The Labute approximate surface area is 216 Å². The van der Waals surface area contributed by atoms with Gasteiger partial charge in [0.05, 0.1) is 18.4 Å². The van der Waals surface area contributed by atoms with Crippen LogP contribution in [0.25, 0.3) is 10.9 Å². The van der Waals surface area contributed by atoms with E-state index in [0.29, 0.717) is 44.7 Å². The average molecular weight is 510 g/mol. The summed E-state index contributed by atoms with van der Waals surface area (Å²) in [6, 6.07) is 16.3. The number of aliphatic imine (C=N–C) groups is 1. The van der Waals surface area contributed by atoms with Crippen molar-refractivity contribution in [1.29, 1.82) is 0 Å². The maximum Gasteiger partial charge on any atom is 0.291 e. The number of hydrogen-bond acceptors (Lipinski definition) is 7. The number of aromatic nitrogens is 3. The van der Waals surface area contributed by atoms with E-state index < -0.39 is 0 Å². The van der Waals surface area contributed by atoms with E-state index in [9.17, 15) is 19.8 Å². The molecule has 0 aliphatic carbocycles. The minimum Gasteiger partial charge on any atom is -0.504 e. The minimum atomic E-state index is -0.388. The molecule has 0 bridgehead atoms. The van der Waals surface area contributed by atoms with E-state index in [4.69, 9.17) is 4.74 Å². The smallest absolute Gasteiger partial charge is 0.291 e. The number of aromatic hydroxyl groups is 2. The quantitative estimate of drug-likeness (QED) is 0.187. The van der Waals surface area contributed by atoms with Crippen LogP contribution < -0.4 is 10.1 Å². The van der Waals surface area contributed by atoms with Gasteiger partial charge in [-0.05, 0) is 42.5 Å². The number of nitrogens with zero attached hydrogens (tertiary/aromatic N) is 3. The van der Waals surface area contributed by atoms with Crippen molar-refractivity contribution >= 4 is 40.2 Å². The zero-order valence-electron chi connectivity index (χ0n) is 20.5. The molecule has 1 amide bonds. The number of fused-ring (bicyclic) bond motifs is 1. The first-order chi connectivity index (χ1) is 18.3. The van der Waals surface area contributed by atoms with Crippen molar-refractivity contribution in [3.8, 4) is 17.4 Å². The maximum absolute atomic E-state index is 13.3. The number of amides is 1. The second-order valence-corrected chi connectivity index (χ2v) is 8.49. The van der Waals surface area contributed by atoms with E-state index in [-0.39, 0.29) is 29.1 Å². The summed E-state index contributed by atoms with van der Waals surface area (Å²) in [6.45, 7) is 0. The van der Waals surface area contributed by atoms with Crippen LogP contribution in [0.1, 0.15) is 32.1 Å². The van der Waals surface area contributed by atoms with Crippen molar-refractivity contribution in [2.75, 3.05) is 12.4 Å². The number of nitrogens with one attached hydrogen (secondary N) is 2. The number of ether oxygens (including phenoxy) is 1. The van der Waals surface area contributed by atoms with Crippen LogP contribution in [0.15, 0.2) is 78.0 Å². The zero-order chi connectivity index (χ0) is 26.8. The number of carbonyl (C=O) groups is 2. The number of carbonyl (C=O) groups excluding carboxylic acids is 2. The lowest BCUT2D eigenvalue weighted by atomic mass is 10.0. The van der Waals surface area contributed by atoms with Gasteiger partial charge in [0.15, 0.2) is 29.0 Å². The fourth-order valence-corrected chi connectivity index (χ4v) is 4.04. The summed E-state index contributed by atoms with van der Waals surface area (Å²) in [5.74, 6) is -0.244. The van der Waals surface area contributed by atoms with Gasteiger partial charge >= 0.3 is 0 Å². The molecule has 0 saturated carbocycles. The Kier molecular flexibility index (Phi) is 6.36. The van der Waals surface area contributed by atoms with E-state index in [1.165, 1.54) is 25.6 Å². The number of H-pyrrole nitrogens is 1. The van der Waals surface area contributed by atoms with Gasteiger partial charge < -0.3 is 29.8 Å². The highest BCUT2D eigenvalue weighted by atomic mass is 16.5. The molecule has 0 spiro atoms. The molecule has 0 fully saturated rings. The first-order valence-corrected chi connectivity index (χ1v) is 11.5. The van der Waals surface area contributed by atoms with Crippen molar-refractivity contribution < 1.29 is 24.5 Å². The lowest BCUT2D eigenvalue weighted by Crippen LogP contribution is -2.17. The lowest BCUT2D eigenvalue weighted by Gasteiger charge is -2.07. The largest absolute Gasteiger partial charge is 0.504 e. The predicted octanol–water partition coefficient (Wildman–Crippen LogP) is 4.56. The standard InChI is InChI=1S/C28H23N5O5/c1-33-11-10-29-26(33)28(37)31-19-5-3-4-16(12-19)25(35)17-6-8-22-20(13-17)21(27(36)32-22)15-30-18-7-9-24(38-2)23(34)14-18/h3-15,32,34,36H,1-2H3,(H,31,37). The van der Waals surface area contributed by atoms with Gasteiger partial charge in [-0.15, -0.1) is 0 Å². The molecule has 2 aromatic heterocycles. The Morgan fingerprint density at radius 2 is 1.89 bits per heavy atom. The number of imidazole rings is 1. The highest BCUT2D eigenvalue weighted by molar-refractivity contribution is 6.13. The SMILES string of the molecule is COc1ccc(N=Cc2c(O)[nH]c3ccc(C(=O)c4cccc(NC(=O)c5nccn5C)c4)cc23)cc1O. The molecular weight excluding hydrogens is 486 g/mol. The number of hydrogen-bond donors (Lipinski definition) is 4. The fourth-order valence-electron chi connectivity index (χ4n) is 4.04. The van der Waals surface area contributed by atoms with Crippen molar-refractivity contribution in [1.82, 2.24) is 14.5 Å². The van der Waals surface area contributed by atoms with Gasteiger partial charge in [0.2, 0.25) is 0 Å². The molecule has 38 heavy (non-hydrogen) atoms. The summed E-state index contributed by atoms with van der Waals surface area (Å²) >= 11 is 0. The monoisotopic (exact) mass is 509 g/mol. The van der Waals surface area contributed by atoms with Gasteiger partial charge in [0, 0.05) is 59.4 Å². The molecule has 0 aliphatic rings. The van der Waals surface area contributed by atoms with Crippen molar-refractivity contribution in [3.63, 3.8) is 0 Å². The number of benzene rings is 3. The maximum atomic E-state index is 13.3. The van der Waals surface area contributed by atoms with Crippen LogP contribution in [0.5, 0.6) is 17.4 Å². The van der Waals surface area contributed by atoms with Crippen LogP contribution in [0.3, 0.4) is 0 Å². The number of phenolic OH excluding ortho intramolecular Hbond substituents is 1. The minimum absolute atomic E-state index is 0.0588. The van der Waals surface area contributed by atoms with E-state index in [1.807, 2.05) is 0 Å². The van der Waals surface area contributed by atoms with Crippen LogP contribution >= 0.6 is 0 Å². The summed E-state index contributed by atoms with van der Waals surface area (Å²) in [7, 11) is 3.17. The lowest BCUT2D eigenvalue weighted by molar-refractivity contribution is 0.101. The van der Waals surface area contributed by atoms with E-state index >= 15 is 0 Å². The Morgan fingerprint density at radius 3 is 2.63 bits per heavy atom. The summed E-state index contributed by atoms with van der Waals surface area (Å²) in [5, 5.41) is 23.8. The highest BCUT2D eigenvalue weighted by Crippen LogP contribution is 2.31. The van der Waals surface area contributed by atoms with Crippen molar-refractivity contribution in [2.24, 2.45) is 12.0 Å². The zero-order valence-corrected chi connectivity index (χ0v) is 20.5. The summed E-state index contributed by atoms with van der Waals surface area (Å²) < 4.78 is 6.65. The average Bonchev–Trinajstić information content (AvgIpc) is 3.48. The van der Waals surface area contributed by atoms with Crippen LogP contribution in [0.2, 0.25) is 0 Å². The Hall–Kier alpha value is -5.38. The molecule has 2 heterocycles. The number of aryl methyl sites for hydroxylation is 1. The molecule has 0 aliphatic heterocycles. The number of anilines is 1. The molecule has 3 aromatic carbocycles. The molecule has 0 atom stereocenters. The van der Waals surface area contributed by atoms with Crippen LogP contribution in [-0.4, -0.2) is 49.8 Å². The van der Waals surface area contributed by atoms with Crippen LogP contribution in [0.4, 0.5) is 11.4 Å². The molecule has 0 unspecified atom stereocenters. The Morgan fingerprint density at radius 1 is 1.08 bits per heavy atom. The van der Waals surface area contributed by atoms with Crippen LogP contribution in [0, 0.1) is 0 Å². The van der Waals surface area contributed by atoms with Gasteiger partial charge in [-0.25, -0.2) is 4.98 Å². The van der Waals surface area contributed by atoms with E-state index in [2.05, 4.69) is 20.3 Å². The molecule has 0 radical (unpaired) electrons. The van der Waals surface area contributed by atoms with E-state index in [0.717, 1.165) is 0 Å². The van der Waals surface area contributed by atoms with Gasteiger partial charge in [-0.2, -0.15) is 0 Å². The third kappa shape index (κ3) is 4.70. The normalized spacial score (nSPS) is 11.2. The predicted molar refractivity (Wildman–Crippen MR) is 143 cm³/mol. The topological polar surface area (TPSA) is 142 Å². The second-order valence-electron chi connectivity index (χ2n) is 8.49. The van der Waals surface area contributed by atoms with Gasteiger partial charge in [0.25, 0.3) is 5.91 Å². The number of methoxy groups -OCH3 is 1. The molecule has 5 aromatic rings. The first kappa shape index (κ1) is 24.3. The van der Waals surface area contributed by atoms with Crippen molar-refractivity contribution in [3.05, 3.63) is 95.6 Å². The Bertz CT molecular complexity index is 1720. The number of rotatable bonds is 7. The van der Waals surface area contributed by atoms with Crippen LogP contribution in [-0.2, 0) is 7.05 Å². The molecule has 5 rings (SSSR count). The van der Waals surface area contributed by atoms with Gasteiger partial charge in [0.1, 0.15) is 0 Å². The summed E-state index contributed by atoms with van der Waals surface area (Å²) in [4.78, 5) is 37.1. The van der Waals surface area contributed by atoms with Gasteiger partial charge in [-0.3, -0.25) is 14.6 Å². The third-order valence-corrected chi connectivity index (χ3v) is 5.99. The third-order valence-electron chi connectivity index (χ3n) is 5.99. The summed E-state index contributed by atoms with van der Waals surface area (Å²) in [6.07, 6.45) is 4.66. The number of ketones is 1. The number of aromatic amines is 1. The van der Waals surface area contributed by atoms with E-state index in [1.54, 1.807) is 72.4 Å². The summed E-state index contributed by atoms with van der Waals surface area (Å²) in [5.41, 5.74) is 2.69. The molecular formula is C28H23N5O5. The second kappa shape index (κ2) is 9.94. The van der Waals surface area contributed by atoms with Gasteiger partial charge in [-0.1, -0.05) is 12.1 Å². The molecule has 190 valence electrons. The number of phenols is 1. The Balaban J connectivity index is 1.42. The molecule has 10 nitrogen and oxygen atoms in total. The molecule has 10 heteroatoms.